The summed E-state index contributed by atoms with van der Waals surface area (Å²) < 4.78 is 27.7. The van der Waals surface area contributed by atoms with Crippen molar-refractivity contribution in [2.75, 3.05) is 39.3 Å². The van der Waals surface area contributed by atoms with Gasteiger partial charge in [0.15, 0.2) is 0 Å². The first kappa shape index (κ1) is 17.4. The number of hydrogen-bond acceptors (Lipinski definition) is 5. The van der Waals surface area contributed by atoms with Crippen molar-refractivity contribution >= 4 is 26.8 Å². The van der Waals surface area contributed by atoms with Crippen LogP contribution in [0.1, 0.15) is 5.56 Å². The van der Waals surface area contributed by atoms with Gasteiger partial charge in [0.1, 0.15) is 4.90 Å². The second-order valence-corrected chi connectivity index (χ2v) is 8.83. The summed E-state index contributed by atoms with van der Waals surface area (Å²) in [5, 5.41) is 3.91. The maximum atomic E-state index is 13.1. The number of benzene rings is 1. The number of carbonyl (C=O) groups is 1. The minimum absolute atomic E-state index is 0.0451. The molecule has 7 nitrogen and oxygen atoms in total. The zero-order valence-electron chi connectivity index (χ0n) is 14.7. The second kappa shape index (κ2) is 6.61. The summed E-state index contributed by atoms with van der Waals surface area (Å²) in [4.78, 5) is 18.7. The lowest BCUT2D eigenvalue weighted by Gasteiger charge is -2.38. The zero-order valence-corrected chi connectivity index (χ0v) is 15.5. The van der Waals surface area contributed by atoms with Crippen LogP contribution in [0.5, 0.6) is 0 Å². The van der Waals surface area contributed by atoms with Gasteiger partial charge in [-0.05, 0) is 24.6 Å². The molecule has 1 aromatic heterocycles. The first-order valence-corrected chi connectivity index (χ1v) is 10.3. The SMILES string of the molecule is Cc1cnc2c(S(=O)(=O)N3CCN(C(=O)C4CNC4)CC3)cccc2c1. The molecule has 0 spiro atoms. The van der Waals surface area contributed by atoms with Crippen molar-refractivity contribution in [2.24, 2.45) is 5.92 Å². The van der Waals surface area contributed by atoms with Crippen LogP contribution in [0.4, 0.5) is 0 Å². The second-order valence-electron chi connectivity index (χ2n) is 6.93. The highest BCUT2D eigenvalue weighted by molar-refractivity contribution is 7.89. The number of hydrogen-bond donors (Lipinski definition) is 1. The molecule has 3 heterocycles. The zero-order chi connectivity index (χ0) is 18.3. The molecule has 1 aromatic carbocycles. The number of carbonyl (C=O) groups excluding carboxylic acids is 1. The first-order valence-electron chi connectivity index (χ1n) is 8.82. The standard InChI is InChI=1S/C18H22N4O3S/c1-13-9-14-3-2-4-16(17(14)20-10-13)26(24,25)22-7-5-21(6-8-22)18(23)15-11-19-12-15/h2-4,9-10,15,19H,5-8,11-12H2,1H3. The molecule has 0 saturated carbocycles. The van der Waals surface area contributed by atoms with Gasteiger partial charge in [-0.2, -0.15) is 4.31 Å². The Balaban J connectivity index is 1.55. The van der Waals surface area contributed by atoms with E-state index in [-0.39, 0.29) is 16.7 Å². The van der Waals surface area contributed by atoms with Crippen LogP contribution < -0.4 is 5.32 Å². The molecule has 2 fully saturated rings. The molecular formula is C18H22N4O3S. The third-order valence-electron chi connectivity index (χ3n) is 5.11. The predicted molar refractivity (Wildman–Crippen MR) is 98.2 cm³/mol. The normalized spacial score (nSPS) is 19.5. The lowest BCUT2D eigenvalue weighted by molar-refractivity contribution is -0.138. The minimum Gasteiger partial charge on any atom is -0.340 e. The Kier molecular flexibility index (Phi) is 4.42. The first-order chi connectivity index (χ1) is 12.5. The number of aryl methyl sites for hydroxylation is 1. The van der Waals surface area contributed by atoms with E-state index in [4.69, 9.17) is 0 Å². The van der Waals surface area contributed by atoms with Crippen LogP contribution in [0.2, 0.25) is 0 Å². The predicted octanol–water partition coefficient (Wildman–Crippen LogP) is 0.596. The summed E-state index contributed by atoms with van der Waals surface area (Å²) in [5.74, 6) is 0.173. The fourth-order valence-corrected chi connectivity index (χ4v) is 5.05. The molecule has 0 aliphatic carbocycles. The Morgan fingerprint density at radius 2 is 1.92 bits per heavy atom. The average Bonchev–Trinajstić information content (AvgIpc) is 2.59. The molecule has 2 aliphatic heterocycles. The maximum absolute atomic E-state index is 13.1. The van der Waals surface area contributed by atoms with Gasteiger partial charge in [0, 0.05) is 50.9 Å². The van der Waals surface area contributed by atoms with Crippen molar-refractivity contribution < 1.29 is 13.2 Å². The lowest BCUT2D eigenvalue weighted by atomic mass is 10.0. The average molecular weight is 374 g/mol. The molecule has 2 aliphatic rings. The fraction of sp³-hybridized carbons (Fsp3) is 0.444. The molecule has 4 rings (SSSR count). The fourth-order valence-electron chi connectivity index (χ4n) is 3.46. The maximum Gasteiger partial charge on any atom is 0.245 e. The number of fused-ring (bicyclic) bond motifs is 1. The summed E-state index contributed by atoms with van der Waals surface area (Å²) in [5.41, 5.74) is 1.49. The summed E-state index contributed by atoms with van der Waals surface area (Å²) in [6.45, 7) is 4.88. The molecule has 1 amide bonds. The Morgan fingerprint density at radius 3 is 2.58 bits per heavy atom. The Bertz CT molecular complexity index is 948. The third kappa shape index (κ3) is 2.98. The van der Waals surface area contributed by atoms with E-state index in [2.05, 4.69) is 10.3 Å². The summed E-state index contributed by atoms with van der Waals surface area (Å²) in [6.07, 6.45) is 1.69. The largest absolute Gasteiger partial charge is 0.340 e. The number of sulfonamides is 1. The number of piperazine rings is 1. The smallest absolute Gasteiger partial charge is 0.245 e. The highest BCUT2D eigenvalue weighted by Gasteiger charge is 2.35. The molecule has 0 atom stereocenters. The van der Waals surface area contributed by atoms with Crippen molar-refractivity contribution in [3.8, 4) is 0 Å². The van der Waals surface area contributed by atoms with Gasteiger partial charge in [0.25, 0.3) is 0 Å². The van der Waals surface area contributed by atoms with Crippen LogP contribution in [0.15, 0.2) is 35.4 Å². The van der Waals surface area contributed by atoms with E-state index < -0.39 is 10.0 Å². The number of nitrogens with zero attached hydrogens (tertiary/aromatic N) is 3. The van der Waals surface area contributed by atoms with Gasteiger partial charge in [-0.25, -0.2) is 8.42 Å². The van der Waals surface area contributed by atoms with Crippen molar-refractivity contribution in [3.05, 3.63) is 36.0 Å². The summed E-state index contributed by atoms with van der Waals surface area (Å²) in [7, 11) is -3.64. The number of nitrogens with one attached hydrogen (secondary N) is 1. The number of aromatic nitrogens is 1. The Labute approximate surface area is 153 Å². The van der Waals surface area contributed by atoms with E-state index in [9.17, 15) is 13.2 Å². The van der Waals surface area contributed by atoms with Crippen molar-refractivity contribution in [2.45, 2.75) is 11.8 Å². The van der Waals surface area contributed by atoms with Crippen LogP contribution in [-0.4, -0.2) is 67.8 Å². The van der Waals surface area contributed by atoms with Crippen LogP contribution in [0.3, 0.4) is 0 Å². The number of para-hydroxylation sites is 1. The molecule has 2 saturated heterocycles. The lowest BCUT2D eigenvalue weighted by Crippen LogP contribution is -2.57. The van der Waals surface area contributed by atoms with E-state index in [0.29, 0.717) is 31.7 Å². The molecule has 0 radical (unpaired) electrons. The molecule has 1 N–H and O–H groups in total. The van der Waals surface area contributed by atoms with E-state index in [1.165, 1.54) is 4.31 Å². The molecule has 8 heteroatoms. The van der Waals surface area contributed by atoms with E-state index in [1.807, 2.05) is 19.1 Å². The quantitative estimate of drug-likeness (QED) is 0.851. The highest BCUT2D eigenvalue weighted by atomic mass is 32.2. The molecule has 138 valence electrons. The minimum atomic E-state index is -3.64. The van der Waals surface area contributed by atoms with E-state index in [0.717, 1.165) is 24.0 Å². The van der Waals surface area contributed by atoms with Gasteiger partial charge in [-0.15, -0.1) is 0 Å². The number of amides is 1. The van der Waals surface area contributed by atoms with Crippen LogP contribution in [-0.2, 0) is 14.8 Å². The van der Waals surface area contributed by atoms with Gasteiger partial charge in [-0.1, -0.05) is 12.1 Å². The van der Waals surface area contributed by atoms with Gasteiger partial charge in [0.05, 0.1) is 11.4 Å². The summed E-state index contributed by atoms with van der Waals surface area (Å²) >= 11 is 0. The molecule has 0 unspecified atom stereocenters. The Hall–Kier alpha value is -2.03. The molecule has 26 heavy (non-hydrogen) atoms. The van der Waals surface area contributed by atoms with Crippen molar-refractivity contribution in [1.82, 2.24) is 19.5 Å². The van der Waals surface area contributed by atoms with Crippen molar-refractivity contribution in [3.63, 3.8) is 0 Å². The topological polar surface area (TPSA) is 82.6 Å². The van der Waals surface area contributed by atoms with Crippen LogP contribution in [0, 0.1) is 12.8 Å². The van der Waals surface area contributed by atoms with Gasteiger partial charge in [0.2, 0.25) is 15.9 Å². The Morgan fingerprint density at radius 1 is 1.19 bits per heavy atom. The molecule has 2 aromatic rings. The third-order valence-corrected chi connectivity index (χ3v) is 7.04. The monoisotopic (exact) mass is 374 g/mol. The molecular weight excluding hydrogens is 352 g/mol. The van der Waals surface area contributed by atoms with E-state index in [1.54, 1.807) is 23.2 Å². The number of rotatable bonds is 3. The van der Waals surface area contributed by atoms with E-state index >= 15 is 0 Å². The van der Waals surface area contributed by atoms with Crippen LogP contribution >= 0.6 is 0 Å². The van der Waals surface area contributed by atoms with Crippen molar-refractivity contribution in [1.29, 1.82) is 0 Å². The summed E-state index contributed by atoms with van der Waals surface area (Å²) in [6, 6.07) is 7.17. The molecule has 0 bridgehead atoms. The number of pyridine rings is 1. The van der Waals surface area contributed by atoms with Gasteiger partial charge >= 0.3 is 0 Å². The van der Waals surface area contributed by atoms with Gasteiger partial charge < -0.3 is 10.2 Å². The van der Waals surface area contributed by atoms with Crippen LogP contribution in [0.25, 0.3) is 10.9 Å². The highest BCUT2D eigenvalue weighted by Crippen LogP contribution is 2.25. The van der Waals surface area contributed by atoms with Gasteiger partial charge in [-0.3, -0.25) is 9.78 Å².